The van der Waals surface area contributed by atoms with Crippen LogP contribution in [0.1, 0.15) is 46.5 Å². The molecule has 1 aromatic carbocycles. The molecule has 0 heterocycles. The summed E-state index contributed by atoms with van der Waals surface area (Å²) in [4.78, 5) is 0. The van der Waals surface area contributed by atoms with E-state index in [4.69, 9.17) is 23.2 Å². The highest BCUT2D eigenvalue weighted by molar-refractivity contribution is 9.10. The van der Waals surface area contributed by atoms with Crippen LogP contribution in [0.2, 0.25) is 10.0 Å². The summed E-state index contributed by atoms with van der Waals surface area (Å²) in [5.41, 5.74) is 1.29. The Hall–Kier alpha value is 0.0800. The normalized spacial score (nSPS) is 23.7. The molecule has 112 valence electrons. The third kappa shape index (κ3) is 4.05. The van der Waals surface area contributed by atoms with Gasteiger partial charge >= 0.3 is 0 Å². The molecule has 4 heteroatoms. The van der Waals surface area contributed by atoms with Gasteiger partial charge in [0.25, 0.3) is 0 Å². The van der Waals surface area contributed by atoms with Crippen LogP contribution in [0.4, 0.5) is 5.69 Å². The van der Waals surface area contributed by atoms with Gasteiger partial charge in [-0.2, -0.15) is 0 Å². The van der Waals surface area contributed by atoms with Crippen LogP contribution in [0.3, 0.4) is 0 Å². The zero-order valence-electron chi connectivity index (χ0n) is 12.3. The number of hydrogen-bond donors (Lipinski definition) is 1. The van der Waals surface area contributed by atoms with Crippen molar-refractivity contribution < 1.29 is 0 Å². The van der Waals surface area contributed by atoms with Gasteiger partial charge in [-0.15, -0.1) is 0 Å². The predicted octanol–water partition coefficient (Wildman–Crippen LogP) is 6.77. The molecule has 1 nitrogen and oxygen atoms in total. The minimum absolute atomic E-state index is 0.415. The van der Waals surface area contributed by atoms with Gasteiger partial charge in [0.1, 0.15) is 0 Å². The number of rotatable bonds is 2. The Balaban J connectivity index is 2.00. The Morgan fingerprint density at radius 2 is 1.55 bits per heavy atom. The van der Waals surface area contributed by atoms with Gasteiger partial charge in [-0.1, -0.05) is 59.9 Å². The number of benzene rings is 1. The molecule has 0 saturated heterocycles. The fourth-order valence-electron chi connectivity index (χ4n) is 2.99. The fourth-order valence-corrected chi connectivity index (χ4v) is 4.31. The average molecular weight is 379 g/mol. The summed E-state index contributed by atoms with van der Waals surface area (Å²) < 4.78 is 0.912. The Morgan fingerprint density at radius 1 is 1.05 bits per heavy atom. The predicted molar refractivity (Wildman–Crippen MR) is 93.0 cm³/mol. The highest BCUT2D eigenvalue weighted by atomic mass is 79.9. The van der Waals surface area contributed by atoms with Crippen molar-refractivity contribution in [2.75, 3.05) is 5.32 Å². The van der Waals surface area contributed by atoms with Gasteiger partial charge in [0.05, 0.1) is 15.7 Å². The zero-order valence-corrected chi connectivity index (χ0v) is 15.4. The van der Waals surface area contributed by atoms with E-state index in [1.165, 1.54) is 25.7 Å². The van der Waals surface area contributed by atoms with Gasteiger partial charge in [0.15, 0.2) is 0 Å². The molecule has 0 aromatic heterocycles. The third-order valence-corrected chi connectivity index (χ3v) is 5.36. The van der Waals surface area contributed by atoms with Crippen LogP contribution in [-0.4, -0.2) is 6.04 Å². The Labute approximate surface area is 140 Å². The lowest BCUT2D eigenvalue weighted by atomic mass is 9.71. The molecular formula is C16H22BrCl2N. The molecule has 1 aliphatic rings. The van der Waals surface area contributed by atoms with Crippen LogP contribution in [0.5, 0.6) is 0 Å². The molecule has 0 atom stereocenters. The molecule has 2 rings (SSSR count). The summed E-state index contributed by atoms with van der Waals surface area (Å²) in [6, 6.07) is 4.25. The Morgan fingerprint density at radius 3 is 2.00 bits per heavy atom. The Bertz CT molecular complexity index is 451. The van der Waals surface area contributed by atoms with Crippen molar-refractivity contribution in [3.63, 3.8) is 0 Å². The number of halogens is 3. The molecule has 0 spiro atoms. The van der Waals surface area contributed by atoms with E-state index in [2.05, 4.69) is 42.0 Å². The molecular weight excluding hydrogens is 357 g/mol. The maximum atomic E-state index is 6.28. The smallest absolute Gasteiger partial charge is 0.0721 e. The van der Waals surface area contributed by atoms with Crippen molar-refractivity contribution in [2.45, 2.75) is 52.5 Å². The van der Waals surface area contributed by atoms with Gasteiger partial charge in [0, 0.05) is 10.5 Å². The van der Waals surface area contributed by atoms with E-state index in [0.29, 0.717) is 21.5 Å². The van der Waals surface area contributed by atoms with E-state index in [1.54, 1.807) is 0 Å². The first kappa shape index (κ1) is 16.5. The Kier molecular flexibility index (Phi) is 5.31. The minimum atomic E-state index is 0.415. The van der Waals surface area contributed by atoms with Gasteiger partial charge in [0.2, 0.25) is 0 Å². The molecule has 0 radical (unpaired) electrons. The van der Waals surface area contributed by atoms with Crippen molar-refractivity contribution in [2.24, 2.45) is 11.3 Å². The van der Waals surface area contributed by atoms with Crippen LogP contribution < -0.4 is 5.32 Å². The summed E-state index contributed by atoms with van der Waals surface area (Å²) in [7, 11) is 0. The van der Waals surface area contributed by atoms with Crippen LogP contribution in [0.25, 0.3) is 0 Å². The molecule has 1 saturated carbocycles. The number of hydrogen-bond acceptors (Lipinski definition) is 1. The molecule has 1 fully saturated rings. The molecule has 0 unspecified atom stereocenters. The van der Waals surface area contributed by atoms with Crippen molar-refractivity contribution in [1.82, 2.24) is 0 Å². The lowest BCUT2D eigenvalue weighted by Crippen LogP contribution is -2.31. The number of nitrogens with one attached hydrogen (secondary N) is 1. The molecule has 0 bridgehead atoms. The molecule has 1 aliphatic carbocycles. The molecule has 0 aliphatic heterocycles. The first-order valence-corrected chi connectivity index (χ1v) is 8.73. The third-order valence-electron chi connectivity index (χ3n) is 4.31. The molecule has 1 aromatic rings. The summed E-state index contributed by atoms with van der Waals surface area (Å²) in [5.74, 6) is 0.816. The monoisotopic (exact) mass is 377 g/mol. The summed E-state index contributed by atoms with van der Waals surface area (Å²) in [5, 5.41) is 4.90. The topological polar surface area (TPSA) is 12.0 Å². The molecule has 0 amide bonds. The average Bonchev–Trinajstić information content (AvgIpc) is 2.33. The van der Waals surface area contributed by atoms with Crippen molar-refractivity contribution >= 4 is 44.8 Å². The van der Waals surface area contributed by atoms with E-state index in [-0.39, 0.29) is 0 Å². The second kappa shape index (κ2) is 6.46. The highest BCUT2D eigenvalue weighted by Crippen LogP contribution is 2.40. The van der Waals surface area contributed by atoms with Crippen LogP contribution in [0, 0.1) is 11.3 Å². The van der Waals surface area contributed by atoms with E-state index in [0.717, 1.165) is 16.1 Å². The number of anilines is 1. The van der Waals surface area contributed by atoms with Crippen molar-refractivity contribution in [3.8, 4) is 0 Å². The first-order chi connectivity index (χ1) is 9.27. The quantitative estimate of drug-likeness (QED) is 0.598. The summed E-state index contributed by atoms with van der Waals surface area (Å²) >= 11 is 16.0. The fraction of sp³-hybridized carbons (Fsp3) is 0.625. The van der Waals surface area contributed by atoms with Gasteiger partial charge in [-0.05, 0) is 49.1 Å². The maximum absolute atomic E-state index is 6.28. The van der Waals surface area contributed by atoms with Gasteiger partial charge in [-0.25, -0.2) is 0 Å². The lowest BCUT2D eigenvalue weighted by molar-refractivity contribution is 0.173. The van der Waals surface area contributed by atoms with Crippen LogP contribution >= 0.6 is 39.1 Å². The van der Waals surface area contributed by atoms with Crippen molar-refractivity contribution in [3.05, 3.63) is 26.7 Å². The van der Waals surface area contributed by atoms with E-state index in [9.17, 15) is 0 Å². The van der Waals surface area contributed by atoms with Crippen LogP contribution in [-0.2, 0) is 0 Å². The van der Waals surface area contributed by atoms with Crippen LogP contribution in [0.15, 0.2) is 16.6 Å². The van der Waals surface area contributed by atoms with Gasteiger partial charge in [-0.3, -0.25) is 0 Å². The van der Waals surface area contributed by atoms with E-state index < -0.39 is 0 Å². The zero-order chi connectivity index (χ0) is 14.9. The summed E-state index contributed by atoms with van der Waals surface area (Å²) in [6.45, 7) is 7.02. The molecule has 20 heavy (non-hydrogen) atoms. The second-order valence-corrected chi connectivity index (χ2v) is 8.53. The standard InChI is InChI=1S/C16H22BrCl2N/c1-16(2,3)10-4-6-12(7-5-10)20-15-13(18)8-11(17)9-14(15)19/h8-10,12,20H,4-7H2,1-3H3. The van der Waals surface area contributed by atoms with E-state index in [1.807, 2.05) is 12.1 Å². The highest BCUT2D eigenvalue weighted by Gasteiger charge is 2.30. The minimum Gasteiger partial charge on any atom is -0.380 e. The maximum Gasteiger partial charge on any atom is 0.0721 e. The van der Waals surface area contributed by atoms with Crippen molar-refractivity contribution in [1.29, 1.82) is 0 Å². The SMILES string of the molecule is CC(C)(C)C1CCC(Nc2c(Cl)cc(Br)cc2Cl)CC1. The largest absolute Gasteiger partial charge is 0.380 e. The summed E-state index contributed by atoms with van der Waals surface area (Å²) in [6.07, 6.45) is 4.91. The lowest BCUT2D eigenvalue weighted by Gasteiger charge is -2.37. The van der Waals surface area contributed by atoms with Gasteiger partial charge < -0.3 is 5.32 Å². The second-order valence-electron chi connectivity index (χ2n) is 6.80. The van der Waals surface area contributed by atoms with E-state index >= 15 is 0 Å². The molecule has 1 N–H and O–H groups in total. The first-order valence-electron chi connectivity index (χ1n) is 7.18.